The number of aryl methyl sites for hydroxylation is 1. The molecule has 2 aromatic rings. The minimum absolute atomic E-state index is 0.241. The lowest BCUT2D eigenvalue weighted by molar-refractivity contribution is -0.122. The summed E-state index contributed by atoms with van der Waals surface area (Å²) < 4.78 is 10.7. The molecule has 0 fully saturated rings. The molecule has 0 aliphatic carbocycles. The fraction of sp³-hybridized carbons (Fsp3) is 0.333. The third-order valence-electron chi connectivity index (χ3n) is 4.01. The molecule has 1 atom stereocenters. The molecule has 0 saturated carbocycles. The van der Waals surface area contributed by atoms with Gasteiger partial charge >= 0.3 is 0 Å². The zero-order valence-corrected chi connectivity index (χ0v) is 16.0. The van der Waals surface area contributed by atoms with Crippen LogP contribution in [0, 0.1) is 6.92 Å². The molecular weight excluding hydrogens is 344 g/mol. The van der Waals surface area contributed by atoms with Gasteiger partial charge in [-0.05, 0) is 44.0 Å². The summed E-state index contributed by atoms with van der Waals surface area (Å²) in [5, 5.41) is 5.61. The van der Waals surface area contributed by atoms with Gasteiger partial charge in [-0.1, -0.05) is 30.3 Å². The highest BCUT2D eigenvalue weighted by Crippen LogP contribution is 2.19. The molecule has 0 aromatic heterocycles. The Hall–Kier alpha value is -2.86. The van der Waals surface area contributed by atoms with Crippen LogP contribution in [0.5, 0.6) is 5.75 Å². The first-order valence-corrected chi connectivity index (χ1v) is 8.92. The Kier molecular flexibility index (Phi) is 7.82. The van der Waals surface area contributed by atoms with Crippen molar-refractivity contribution in [1.82, 2.24) is 5.32 Å². The first kappa shape index (κ1) is 20.5. The number of anilines is 1. The van der Waals surface area contributed by atoms with Crippen molar-refractivity contribution in [3.63, 3.8) is 0 Å². The second-order valence-corrected chi connectivity index (χ2v) is 6.16. The van der Waals surface area contributed by atoms with Gasteiger partial charge in [-0.25, -0.2) is 0 Å². The number of methoxy groups -OCH3 is 1. The zero-order valence-electron chi connectivity index (χ0n) is 16.0. The van der Waals surface area contributed by atoms with Gasteiger partial charge < -0.3 is 20.1 Å². The molecule has 0 unspecified atom stereocenters. The summed E-state index contributed by atoms with van der Waals surface area (Å²) in [6.07, 6.45) is 0.0156. The van der Waals surface area contributed by atoms with Crippen LogP contribution in [-0.2, 0) is 9.53 Å². The fourth-order valence-corrected chi connectivity index (χ4v) is 2.47. The summed E-state index contributed by atoms with van der Waals surface area (Å²) in [6, 6.07) is 14.4. The molecule has 2 aromatic carbocycles. The Bertz CT molecular complexity index is 776. The molecule has 0 radical (unpaired) electrons. The number of rotatable bonds is 9. The van der Waals surface area contributed by atoms with E-state index in [1.54, 1.807) is 38.3 Å². The van der Waals surface area contributed by atoms with Crippen LogP contribution in [0.3, 0.4) is 0 Å². The second-order valence-electron chi connectivity index (χ2n) is 6.16. The third kappa shape index (κ3) is 6.11. The van der Waals surface area contributed by atoms with E-state index < -0.39 is 6.10 Å². The normalized spacial score (nSPS) is 11.5. The second kappa shape index (κ2) is 10.3. The largest absolute Gasteiger partial charge is 0.481 e. The number of carbonyl (C=O) groups excluding carboxylic acids is 2. The number of hydrogen-bond acceptors (Lipinski definition) is 4. The maximum Gasteiger partial charge on any atom is 0.265 e. The molecule has 27 heavy (non-hydrogen) atoms. The van der Waals surface area contributed by atoms with Crippen LogP contribution in [0.1, 0.15) is 29.3 Å². The van der Waals surface area contributed by atoms with Gasteiger partial charge in [0.1, 0.15) is 5.75 Å². The predicted octanol–water partition coefficient (Wildman–Crippen LogP) is 3.17. The maximum absolute atomic E-state index is 12.5. The van der Waals surface area contributed by atoms with Crippen molar-refractivity contribution in [1.29, 1.82) is 0 Å². The summed E-state index contributed by atoms with van der Waals surface area (Å²) in [6.45, 7) is 4.67. The van der Waals surface area contributed by atoms with E-state index in [0.29, 0.717) is 30.2 Å². The molecule has 144 valence electrons. The summed E-state index contributed by atoms with van der Waals surface area (Å²) in [7, 11) is 1.62. The van der Waals surface area contributed by atoms with Crippen molar-refractivity contribution in [3.05, 3.63) is 59.7 Å². The van der Waals surface area contributed by atoms with Crippen LogP contribution in [0.25, 0.3) is 0 Å². The number of para-hydroxylation sites is 2. The number of nitrogens with one attached hydrogen (secondary N) is 2. The van der Waals surface area contributed by atoms with Crippen LogP contribution < -0.4 is 15.4 Å². The topological polar surface area (TPSA) is 76.7 Å². The summed E-state index contributed by atoms with van der Waals surface area (Å²) in [4.78, 5) is 24.9. The van der Waals surface area contributed by atoms with Gasteiger partial charge in [0.25, 0.3) is 11.8 Å². The van der Waals surface area contributed by atoms with Gasteiger partial charge in [0.2, 0.25) is 0 Å². The molecule has 6 nitrogen and oxygen atoms in total. The fourth-order valence-electron chi connectivity index (χ4n) is 2.47. The van der Waals surface area contributed by atoms with E-state index in [1.807, 2.05) is 31.2 Å². The van der Waals surface area contributed by atoms with Crippen LogP contribution in [0.15, 0.2) is 48.5 Å². The Balaban J connectivity index is 2.00. The molecule has 2 rings (SSSR count). The van der Waals surface area contributed by atoms with Crippen LogP contribution in [0.4, 0.5) is 5.69 Å². The van der Waals surface area contributed by atoms with Gasteiger partial charge in [-0.3, -0.25) is 9.59 Å². The summed E-state index contributed by atoms with van der Waals surface area (Å²) in [5.74, 6) is 0.0942. The summed E-state index contributed by atoms with van der Waals surface area (Å²) >= 11 is 0. The molecule has 0 heterocycles. The Labute approximate surface area is 159 Å². The van der Waals surface area contributed by atoms with Crippen LogP contribution in [-0.4, -0.2) is 38.2 Å². The molecule has 6 heteroatoms. The maximum atomic E-state index is 12.5. The van der Waals surface area contributed by atoms with Gasteiger partial charge in [-0.2, -0.15) is 0 Å². The highest BCUT2D eigenvalue weighted by Gasteiger charge is 2.18. The lowest BCUT2D eigenvalue weighted by Crippen LogP contribution is -2.32. The van der Waals surface area contributed by atoms with Crippen molar-refractivity contribution in [2.24, 2.45) is 0 Å². The Morgan fingerprint density at radius 1 is 1.07 bits per heavy atom. The molecule has 0 bridgehead atoms. The standard InChI is InChI=1S/C21H26N2O4/c1-15-9-4-7-12-19(15)27-16(2)20(24)23-18-11-6-5-10-17(18)21(25)22-13-8-14-26-3/h4-7,9-12,16H,8,13-14H2,1-3H3,(H,22,25)(H,23,24)/t16-/m1/s1. The average molecular weight is 370 g/mol. The van der Waals surface area contributed by atoms with Crippen molar-refractivity contribution in [2.45, 2.75) is 26.4 Å². The van der Waals surface area contributed by atoms with Gasteiger partial charge in [0.05, 0.1) is 11.3 Å². The predicted molar refractivity (Wildman–Crippen MR) is 105 cm³/mol. The van der Waals surface area contributed by atoms with Crippen molar-refractivity contribution in [3.8, 4) is 5.75 Å². The van der Waals surface area contributed by atoms with E-state index in [1.165, 1.54) is 0 Å². The molecule has 0 spiro atoms. The van der Waals surface area contributed by atoms with Crippen molar-refractivity contribution < 1.29 is 19.1 Å². The SMILES string of the molecule is COCCCNC(=O)c1ccccc1NC(=O)[C@@H](C)Oc1ccccc1C. The average Bonchev–Trinajstić information content (AvgIpc) is 2.67. The highest BCUT2D eigenvalue weighted by molar-refractivity contribution is 6.04. The Morgan fingerprint density at radius 3 is 2.52 bits per heavy atom. The monoisotopic (exact) mass is 370 g/mol. The van der Waals surface area contributed by atoms with Crippen LogP contribution >= 0.6 is 0 Å². The number of hydrogen-bond donors (Lipinski definition) is 2. The molecule has 0 aliphatic heterocycles. The highest BCUT2D eigenvalue weighted by atomic mass is 16.5. The van der Waals surface area contributed by atoms with Crippen molar-refractivity contribution in [2.75, 3.05) is 25.6 Å². The molecule has 0 saturated heterocycles. The van der Waals surface area contributed by atoms with E-state index in [9.17, 15) is 9.59 Å². The molecular formula is C21H26N2O4. The summed E-state index contributed by atoms with van der Waals surface area (Å²) in [5.41, 5.74) is 1.81. The third-order valence-corrected chi connectivity index (χ3v) is 4.01. The quantitative estimate of drug-likeness (QED) is 0.665. The lowest BCUT2D eigenvalue weighted by Gasteiger charge is -2.17. The van der Waals surface area contributed by atoms with Gasteiger partial charge in [0, 0.05) is 20.3 Å². The molecule has 2 N–H and O–H groups in total. The van der Waals surface area contributed by atoms with E-state index in [2.05, 4.69) is 10.6 Å². The van der Waals surface area contributed by atoms with E-state index in [0.717, 1.165) is 12.0 Å². The smallest absolute Gasteiger partial charge is 0.265 e. The number of amides is 2. The van der Waals surface area contributed by atoms with E-state index >= 15 is 0 Å². The molecule has 0 aliphatic rings. The minimum atomic E-state index is -0.705. The van der Waals surface area contributed by atoms with Gasteiger partial charge in [-0.15, -0.1) is 0 Å². The number of benzene rings is 2. The minimum Gasteiger partial charge on any atom is -0.481 e. The van der Waals surface area contributed by atoms with Gasteiger partial charge in [0.15, 0.2) is 6.10 Å². The first-order chi connectivity index (χ1) is 13.0. The number of ether oxygens (including phenoxy) is 2. The van der Waals surface area contributed by atoms with Crippen molar-refractivity contribution >= 4 is 17.5 Å². The number of carbonyl (C=O) groups is 2. The lowest BCUT2D eigenvalue weighted by atomic mass is 10.1. The first-order valence-electron chi connectivity index (χ1n) is 8.92. The Morgan fingerprint density at radius 2 is 1.78 bits per heavy atom. The van der Waals surface area contributed by atoms with E-state index in [4.69, 9.17) is 9.47 Å². The van der Waals surface area contributed by atoms with E-state index in [-0.39, 0.29) is 11.8 Å². The zero-order chi connectivity index (χ0) is 19.6. The van der Waals surface area contributed by atoms with Crippen LogP contribution in [0.2, 0.25) is 0 Å². The molecule has 2 amide bonds.